The minimum atomic E-state index is 0.612. The zero-order chi connectivity index (χ0) is 10.8. The van der Waals surface area contributed by atoms with Gasteiger partial charge < -0.3 is 10.2 Å². The van der Waals surface area contributed by atoms with Crippen LogP contribution in [0.25, 0.3) is 0 Å². The Bertz CT molecular complexity index is 344. The average molecular weight is 204 g/mol. The van der Waals surface area contributed by atoms with Crippen LogP contribution in [-0.4, -0.2) is 19.6 Å². The second kappa shape index (κ2) is 4.23. The van der Waals surface area contributed by atoms with Crippen molar-refractivity contribution in [3.05, 3.63) is 29.3 Å². The molecule has 0 aliphatic carbocycles. The normalized spacial score (nSPS) is 14.8. The molecule has 0 atom stereocenters. The monoisotopic (exact) mass is 204 g/mol. The van der Waals surface area contributed by atoms with E-state index in [0.717, 1.165) is 6.54 Å². The molecular weight excluding hydrogens is 184 g/mol. The topological polar surface area (TPSA) is 15.3 Å². The second-order valence-corrected chi connectivity index (χ2v) is 4.53. The van der Waals surface area contributed by atoms with Crippen molar-refractivity contribution in [3.8, 4) is 0 Å². The first-order chi connectivity index (χ1) is 7.22. The number of anilines is 1. The van der Waals surface area contributed by atoms with Crippen molar-refractivity contribution in [2.45, 2.75) is 32.9 Å². The Kier molecular flexibility index (Phi) is 2.96. The summed E-state index contributed by atoms with van der Waals surface area (Å²) in [4.78, 5) is 2.48. The highest BCUT2D eigenvalue weighted by Gasteiger charge is 2.20. The first kappa shape index (κ1) is 10.5. The van der Waals surface area contributed by atoms with Crippen LogP contribution in [0.3, 0.4) is 0 Å². The van der Waals surface area contributed by atoms with Crippen LogP contribution in [-0.2, 0) is 13.0 Å². The molecule has 2 nitrogen and oxygen atoms in total. The molecule has 0 radical (unpaired) electrons. The van der Waals surface area contributed by atoms with Gasteiger partial charge in [-0.05, 0) is 44.5 Å². The Labute approximate surface area is 92.3 Å². The molecule has 15 heavy (non-hydrogen) atoms. The van der Waals surface area contributed by atoms with Crippen molar-refractivity contribution in [2.75, 3.05) is 18.5 Å². The summed E-state index contributed by atoms with van der Waals surface area (Å²) in [5, 5.41) is 3.20. The fraction of sp³-hybridized carbons (Fsp3) is 0.538. The van der Waals surface area contributed by atoms with Gasteiger partial charge in [0.25, 0.3) is 0 Å². The summed E-state index contributed by atoms with van der Waals surface area (Å²) in [6.45, 7) is 6.66. The molecule has 1 aliphatic rings. The van der Waals surface area contributed by atoms with Crippen molar-refractivity contribution in [3.63, 3.8) is 0 Å². The van der Waals surface area contributed by atoms with Crippen LogP contribution in [0.15, 0.2) is 18.2 Å². The molecule has 1 N–H and O–H groups in total. The smallest absolute Gasteiger partial charge is 0.0402 e. The zero-order valence-corrected chi connectivity index (χ0v) is 9.88. The standard InChI is InChI=1S/C13H20N2/c1-10(2)15-7-6-12-8-11(9-14-3)4-5-13(12)15/h4-5,8,10,14H,6-7,9H2,1-3H3. The molecule has 0 saturated heterocycles. The van der Waals surface area contributed by atoms with E-state index in [1.807, 2.05) is 7.05 Å². The van der Waals surface area contributed by atoms with Crippen LogP contribution < -0.4 is 10.2 Å². The van der Waals surface area contributed by atoms with E-state index in [1.165, 1.54) is 29.8 Å². The lowest BCUT2D eigenvalue weighted by atomic mass is 10.1. The molecule has 1 heterocycles. The van der Waals surface area contributed by atoms with Gasteiger partial charge in [0.2, 0.25) is 0 Å². The Morgan fingerprint density at radius 3 is 2.87 bits per heavy atom. The predicted molar refractivity (Wildman–Crippen MR) is 65.4 cm³/mol. The number of nitrogens with zero attached hydrogens (tertiary/aromatic N) is 1. The first-order valence-corrected chi connectivity index (χ1v) is 5.75. The van der Waals surface area contributed by atoms with Crippen molar-refractivity contribution < 1.29 is 0 Å². The minimum absolute atomic E-state index is 0.612. The molecule has 2 heteroatoms. The second-order valence-electron chi connectivity index (χ2n) is 4.53. The highest BCUT2D eigenvalue weighted by Crippen LogP contribution is 2.30. The van der Waals surface area contributed by atoms with Gasteiger partial charge in [-0.15, -0.1) is 0 Å². The Balaban J connectivity index is 2.25. The molecule has 82 valence electrons. The predicted octanol–water partition coefficient (Wildman–Crippen LogP) is 2.18. The van der Waals surface area contributed by atoms with Crippen molar-refractivity contribution in [1.29, 1.82) is 0 Å². The van der Waals surface area contributed by atoms with E-state index < -0.39 is 0 Å². The van der Waals surface area contributed by atoms with Gasteiger partial charge in [-0.25, -0.2) is 0 Å². The zero-order valence-electron chi connectivity index (χ0n) is 9.88. The van der Waals surface area contributed by atoms with Gasteiger partial charge in [0.15, 0.2) is 0 Å². The van der Waals surface area contributed by atoms with Crippen molar-refractivity contribution in [2.24, 2.45) is 0 Å². The molecule has 1 aromatic carbocycles. The third kappa shape index (κ3) is 2.00. The summed E-state index contributed by atoms with van der Waals surface area (Å²) in [7, 11) is 1.99. The number of rotatable bonds is 3. The molecule has 0 aromatic heterocycles. The maximum absolute atomic E-state index is 3.20. The lowest BCUT2D eigenvalue weighted by Gasteiger charge is -2.24. The van der Waals surface area contributed by atoms with E-state index in [1.54, 1.807) is 0 Å². The molecule has 2 rings (SSSR count). The molecule has 0 amide bonds. The summed E-state index contributed by atoms with van der Waals surface area (Å²) in [6, 6.07) is 7.46. The average Bonchev–Trinajstić information content (AvgIpc) is 2.61. The number of nitrogens with one attached hydrogen (secondary N) is 1. The number of benzene rings is 1. The third-order valence-corrected chi connectivity index (χ3v) is 3.08. The molecule has 0 bridgehead atoms. The van der Waals surface area contributed by atoms with Crippen LogP contribution in [0.1, 0.15) is 25.0 Å². The lowest BCUT2D eigenvalue weighted by Crippen LogP contribution is -2.28. The van der Waals surface area contributed by atoms with Crippen LogP contribution in [0, 0.1) is 0 Å². The largest absolute Gasteiger partial charge is 0.369 e. The van der Waals surface area contributed by atoms with Crippen LogP contribution in [0.5, 0.6) is 0 Å². The van der Waals surface area contributed by atoms with Gasteiger partial charge in [0.1, 0.15) is 0 Å². The molecule has 0 spiro atoms. The van der Waals surface area contributed by atoms with Crippen LogP contribution >= 0.6 is 0 Å². The maximum atomic E-state index is 3.20. The summed E-state index contributed by atoms with van der Waals surface area (Å²) >= 11 is 0. The molecule has 0 fully saturated rings. The molecule has 1 aromatic rings. The quantitative estimate of drug-likeness (QED) is 0.812. The summed E-state index contributed by atoms with van der Waals surface area (Å²) in [5.74, 6) is 0. The summed E-state index contributed by atoms with van der Waals surface area (Å²) < 4.78 is 0. The minimum Gasteiger partial charge on any atom is -0.369 e. The van der Waals surface area contributed by atoms with Crippen molar-refractivity contribution >= 4 is 5.69 Å². The highest BCUT2D eigenvalue weighted by atomic mass is 15.2. The van der Waals surface area contributed by atoms with E-state index in [0.29, 0.717) is 6.04 Å². The van der Waals surface area contributed by atoms with Gasteiger partial charge in [-0.1, -0.05) is 12.1 Å². The molecule has 1 aliphatic heterocycles. The fourth-order valence-electron chi connectivity index (χ4n) is 2.33. The van der Waals surface area contributed by atoms with Crippen LogP contribution in [0.4, 0.5) is 5.69 Å². The number of hydrogen-bond donors (Lipinski definition) is 1. The van der Waals surface area contributed by atoms with Gasteiger partial charge in [-0.2, -0.15) is 0 Å². The van der Waals surface area contributed by atoms with E-state index in [4.69, 9.17) is 0 Å². The number of fused-ring (bicyclic) bond motifs is 1. The SMILES string of the molecule is CNCc1ccc2c(c1)CCN2C(C)C. The highest BCUT2D eigenvalue weighted by molar-refractivity contribution is 5.59. The number of hydrogen-bond acceptors (Lipinski definition) is 2. The first-order valence-electron chi connectivity index (χ1n) is 5.75. The molecule has 0 unspecified atom stereocenters. The van der Waals surface area contributed by atoms with Crippen LogP contribution in [0.2, 0.25) is 0 Å². The maximum Gasteiger partial charge on any atom is 0.0402 e. The van der Waals surface area contributed by atoms with Gasteiger partial charge in [-0.3, -0.25) is 0 Å². The Morgan fingerprint density at radius 2 is 2.20 bits per heavy atom. The Hall–Kier alpha value is -1.02. The van der Waals surface area contributed by atoms with E-state index in [9.17, 15) is 0 Å². The van der Waals surface area contributed by atoms with E-state index >= 15 is 0 Å². The Morgan fingerprint density at radius 1 is 1.40 bits per heavy atom. The fourth-order valence-corrected chi connectivity index (χ4v) is 2.33. The molecular formula is C13H20N2. The lowest BCUT2D eigenvalue weighted by molar-refractivity contribution is 0.710. The summed E-state index contributed by atoms with van der Waals surface area (Å²) in [5.41, 5.74) is 4.34. The van der Waals surface area contributed by atoms with Crippen molar-refractivity contribution in [1.82, 2.24) is 5.32 Å². The van der Waals surface area contributed by atoms with Gasteiger partial charge >= 0.3 is 0 Å². The van der Waals surface area contributed by atoms with Gasteiger partial charge in [0, 0.05) is 24.8 Å². The van der Waals surface area contributed by atoms with E-state index in [-0.39, 0.29) is 0 Å². The summed E-state index contributed by atoms with van der Waals surface area (Å²) in [6.07, 6.45) is 1.20. The van der Waals surface area contributed by atoms with Gasteiger partial charge in [0.05, 0.1) is 0 Å². The van der Waals surface area contributed by atoms with E-state index in [2.05, 4.69) is 42.3 Å². The molecule has 0 saturated carbocycles. The third-order valence-electron chi connectivity index (χ3n) is 3.08.